The first-order valence-electron chi connectivity index (χ1n) is 11.3. The number of rotatable bonds is 3. The normalized spacial score (nSPS) is 12.1. The third kappa shape index (κ3) is 6.04. The summed E-state index contributed by atoms with van der Waals surface area (Å²) in [5.41, 5.74) is 6.87. The van der Waals surface area contributed by atoms with Gasteiger partial charge < -0.3 is 24.8 Å². The summed E-state index contributed by atoms with van der Waals surface area (Å²) in [5.74, 6) is 0. The van der Waals surface area contributed by atoms with Crippen LogP contribution in [0, 0.1) is 0 Å². The van der Waals surface area contributed by atoms with Crippen LogP contribution in [0.5, 0.6) is 0 Å². The van der Waals surface area contributed by atoms with Gasteiger partial charge >= 0.3 is 99.2 Å². The number of allylic oxidation sites excluding steroid dienone is 4. The van der Waals surface area contributed by atoms with Crippen LogP contribution in [0.3, 0.4) is 0 Å². The van der Waals surface area contributed by atoms with E-state index in [1.165, 1.54) is 76.8 Å². The Hall–Kier alpha value is -2.44. The van der Waals surface area contributed by atoms with E-state index in [1.54, 1.807) is 0 Å². The van der Waals surface area contributed by atoms with E-state index in [0.29, 0.717) is 0 Å². The summed E-state index contributed by atoms with van der Waals surface area (Å²) in [6, 6.07) is 38.7. The van der Waals surface area contributed by atoms with Crippen LogP contribution in [0.1, 0.15) is 30.0 Å². The molecule has 1 aliphatic carbocycles. The van der Waals surface area contributed by atoms with Crippen molar-refractivity contribution in [3.05, 3.63) is 144 Å². The van der Waals surface area contributed by atoms with E-state index < -0.39 is 0 Å². The summed E-state index contributed by atoms with van der Waals surface area (Å²) in [6.45, 7) is 2.18. The van der Waals surface area contributed by atoms with Crippen molar-refractivity contribution in [3.8, 4) is 0 Å². The maximum absolute atomic E-state index is 2.33. The van der Waals surface area contributed by atoms with Crippen LogP contribution in [0.15, 0.2) is 127 Å². The predicted molar refractivity (Wildman–Crippen MR) is 139 cm³/mol. The monoisotopic (exact) mass is 569 g/mol. The molecule has 1 aliphatic rings. The minimum atomic E-state index is 0. The van der Waals surface area contributed by atoms with Crippen LogP contribution in [0.4, 0.5) is 0 Å². The van der Waals surface area contributed by atoms with Gasteiger partial charge in [0, 0.05) is 0 Å². The first-order chi connectivity index (χ1) is 16.2. The molecular weight excluding hydrogens is 546 g/mol. The van der Waals surface area contributed by atoms with Gasteiger partial charge in [-0.2, -0.15) is 0 Å². The zero-order valence-corrected chi connectivity index (χ0v) is 23.5. The average Bonchev–Trinajstić information content (AvgIpc) is 3.48. The molecule has 5 aromatic carbocycles. The third-order valence-corrected chi connectivity index (χ3v) is 7.59. The SMILES string of the molecule is CC1=CCC(c2cccc3c2[cH-]c2ccccc23)=C1.[Cl-].[Cl-].[Zr+2]=[C](c1ccccc1)c1ccccc1. The Bertz CT molecular complexity index is 1450. The van der Waals surface area contributed by atoms with Crippen molar-refractivity contribution in [1.29, 1.82) is 0 Å². The summed E-state index contributed by atoms with van der Waals surface area (Å²) < 4.78 is 1.42. The molecule has 3 heteroatoms. The number of fused-ring (bicyclic) bond motifs is 3. The first kappa shape index (κ1) is 27.2. The molecule has 0 radical (unpaired) electrons. The average molecular weight is 572 g/mol. The summed E-state index contributed by atoms with van der Waals surface area (Å²) in [7, 11) is 0. The molecule has 0 nitrogen and oxygen atoms in total. The van der Waals surface area contributed by atoms with Crippen LogP contribution >= 0.6 is 0 Å². The van der Waals surface area contributed by atoms with Crippen LogP contribution in [-0.4, -0.2) is 3.21 Å². The first-order valence-corrected chi connectivity index (χ1v) is 12.6. The molecule has 172 valence electrons. The number of hydrogen-bond acceptors (Lipinski definition) is 0. The fourth-order valence-electron chi connectivity index (χ4n) is 4.49. The van der Waals surface area contributed by atoms with Crippen LogP contribution < -0.4 is 24.8 Å². The van der Waals surface area contributed by atoms with Crippen molar-refractivity contribution in [2.24, 2.45) is 0 Å². The Labute approximate surface area is 234 Å². The van der Waals surface area contributed by atoms with Crippen LogP contribution in [0.2, 0.25) is 0 Å². The van der Waals surface area contributed by atoms with E-state index in [4.69, 9.17) is 0 Å². The Morgan fingerprint density at radius 3 is 1.86 bits per heavy atom. The van der Waals surface area contributed by atoms with Crippen molar-refractivity contribution in [1.82, 2.24) is 0 Å². The third-order valence-electron chi connectivity index (χ3n) is 6.17. The zero-order valence-electron chi connectivity index (χ0n) is 19.5. The molecule has 0 heterocycles. The van der Waals surface area contributed by atoms with Gasteiger partial charge in [-0.15, -0.1) is 33.7 Å². The van der Waals surface area contributed by atoms with Gasteiger partial charge in [-0.25, -0.2) is 0 Å². The standard InChI is InChI=1S/C19H15.C13H10.2ClH.Zr/c1-13-9-10-15(11-13)17-7-4-8-18-16-6-3-2-5-14(16)12-19(17)18;1-3-7-12(8-4-1)11-13-9-5-2-6-10-13;;;/h2-9,11-12H,10H2,1H3;1-10H;2*1H;/q-1;;;;+2/p-2. The molecule has 0 bridgehead atoms. The second-order valence-corrected chi connectivity index (χ2v) is 9.66. The van der Waals surface area contributed by atoms with Gasteiger partial charge in [-0.05, 0) is 13.3 Å². The van der Waals surface area contributed by atoms with Crippen LogP contribution in [0.25, 0.3) is 27.1 Å². The molecule has 35 heavy (non-hydrogen) atoms. The number of benzene rings is 4. The van der Waals surface area contributed by atoms with E-state index in [9.17, 15) is 0 Å². The van der Waals surface area contributed by atoms with E-state index in [-0.39, 0.29) is 24.8 Å². The Morgan fingerprint density at radius 1 is 0.686 bits per heavy atom. The van der Waals surface area contributed by atoms with Gasteiger partial charge in [-0.3, -0.25) is 0 Å². The summed E-state index contributed by atoms with van der Waals surface area (Å²) in [5, 5.41) is 5.47. The summed E-state index contributed by atoms with van der Waals surface area (Å²) in [6.07, 6.45) is 5.68. The molecule has 0 saturated carbocycles. The molecule has 6 rings (SSSR count). The van der Waals surface area contributed by atoms with Gasteiger partial charge in [0.05, 0.1) is 0 Å². The predicted octanol–water partition coefficient (Wildman–Crippen LogP) is 2.26. The van der Waals surface area contributed by atoms with Gasteiger partial charge in [0.15, 0.2) is 0 Å². The molecule has 0 aliphatic heterocycles. The second-order valence-electron chi connectivity index (χ2n) is 8.43. The van der Waals surface area contributed by atoms with Crippen molar-refractivity contribution in [3.63, 3.8) is 0 Å². The number of hydrogen-bond donors (Lipinski definition) is 0. The molecule has 0 atom stereocenters. The van der Waals surface area contributed by atoms with Crippen molar-refractivity contribution in [2.45, 2.75) is 13.3 Å². The molecule has 0 amide bonds. The Balaban J connectivity index is 0.000000193. The Morgan fingerprint density at radius 2 is 1.26 bits per heavy atom. The fourth-order valence-corrected chi connectivity index (χ4v) is 5.31. The second kappa shape index (κ2) is 12.5. The van der Waals surface area contributed by atoms with Crippen molar-refractivity contribution < 1.29 is 49.0 Å². The van der Waals surface area contributed by atoms with Gasteiger partial charge in [0.1, 0.15) is 0 Å². The van der Waals surface area contributed by atoms with Crippen molar-refractivity contribution >= 4 is 30.3 Å². The van der Waals surface area contributed by atoms with Gasteiger partial charge in [0.2, 0.25) is 0 Å². The van der Waals surface area contributed by atoms with Crippen LogP contribution in [-0.2, 0) is 24.2 Å². The van der Waals surface area contributed by atoms with E-state index in [1.807, 2.05) is 0 Å². The van der Waals surface area contributed by atoms with E-state index in [2.05, 4.69) is 128 Å². The molecule has 5 aromatic rings. The molecular formula is C32H25Cl2Zr-. The minimum absolute atomic E-state index is 0. The van der Waals surface area contributed by atoms with E-state index in [0.717, 1.165) is 6.42 Å². The molecule has 0 fully saturated rings. The van der Waals surface area contributed by atoms with E-state index >= 15 is 0 Å². The fraction of sp³-hybridized carbons (Fsp3) is 0.0625. The molecule has 0 aromatic heterocycles. The molecule has 0 saturated heterocycles. The molecule has 0 spiro atoms. The number of halogens is 2. The maximum atomic E-state index is 2.33. The molecule has 0 unspecified atom stereocenters. The molecule has 0 N–H and O–H groups in total. The Kier molecular flexibility index (Phi) is 9.70. The summed E-state index contributed by atoms with van der Waals surface area (Å²) >= 11 is 1.46. The van der Waals surface area contributed by atoms with Gasteiger partial charge in [-0.1, -0.05) is 65.3 Å². The topological polar surface area (TPSA) is 0 Å². The zero-order chi connectivity index (χ0) is 22.6. The summed E-state index contributed by atoms with van der Waals surface area (Å²) in [4.78, 5) is 0. The van der Waals surface area contributed by atoms with Gasteiger partial charge in [0.25, 0.3) is 0 Å². The quantitative estimate of drug-likeness (QED) is 0.292. The van der Waals surface area contributed by atoms with Crippen molar-refractivity contribution in [2.75, 3.05) is 0 Å².